The zero-order chi connectivity index (χ0) is 14.8. The maximum absolute atomic E-state index is 5.38. The summed E-state index contributed by atoms with van der Waals surface area (Å²) in [4.78, 5) is 4.57. The number of ether oxygens (including phenoxy) is 1. The Morgan fingerprint density at radius 3 is 2.95 bits per heavy atom. The zero-order valence-corrected chi connectivity index (χ0v) is 14.9. The third-order valence-corrected chi connectivity index (χ3v) is 5.04. The van der Waals surface area contributed by atoms with Crippen LogP contribution < -0.4 is 10.1 Å². The van der Waals surface area contributed by atoms with Gasteiger partial charge in [-0.1, -0.05) is 6.07 Å². The van der Waals surface area contributed by atoms with Gasteiger partial charge in [-0.15, -0.1) is 0 Å². The number of aryl methyl sites for hydroxylation is 1. The van der Waals surface area contributed by atoms with Crippen molar-refractivity contribution < 1.29 is 4.74 Å². The molecule has 2 aromatic rings. The first-order chi connectivity index (χ1) is 10.2. The second-order valence-electron chi connectivity index (χ2n) is 5.10. The summed E-state index contributed by atoms with van der Waals surface area (Å²) in [5.74, 6) is 0.817. The molecule has 110 valence electrons. The molecule has 0 saturated carbocycles. The number of methoxy groups -OCH3 is 1. The lowest BCUT2D eigenvalue weighted by atomic mass is 9.92. The Kier molecular flexibility index (Phi) is 4.50. The van der Waals surface area contributed by atoms with Crippen LogP contribution in [0, 0.1) is 0 Å². The average Bonchev–Trinajstić information content (AvgIpc) is 2.50. The van der Waals surface area contributed by atoms with E-state index in [1.54, 1.807) is 7.11 Å². The molecule has 0 radical (unpaired) electrons. The highest BCUT2D eigenvalue weighted by atomic mass is 79.9. The summed E-state index contributed by atoms with van der Waals surface area (Å²) in [5.41, 5.74) is 3.54. The number of halogens is 2. The van der Waals surface area contributed by atoms with Gasteiger partial charge in [0.15, 0.2) is 0 Å². The molecule has 1 aromatic heterocycles. The fraction of sp³-hybridized carbons (Fsp3) is 0.312. The molecule has 1 aromatic carbocycles. The SMILES string of the molecule is COc1cc(NC2CCCc3cccnc32)c(Br)cc1Br. The predicted octanol–water partition coefficient (Wildman–Crippen LogP) is 5.10. The van der Waals surface area contributed by atoms with Crippen molar-refractivity contribution >= 4 is 37.5 Å². The number of anilines is 1. The highest BCUT2D eigenvalue weighted by Gasteiger charge is 2.22. The average molecular weight is 412 g/mol. The molecule has 1 aliphatic rings. The lowest BCUT2D eigenvalue weighted by molar-refractivity contribution is 0.412. The molecule has 1 N–H and O–H groups in total. The number of rotatable bonds is 3. The van der Waals surface area contributed by atoms with E-state index in [-0.39, 0.29) is 6.04 Å². The normalized spacial score (nSPS) is 17.2. The van der Waals surface area contributed by atoms with E-state index in [9.17, 15) is 0 Å². The summed E-state index contributed by atoms with van der Waals surface area (Å²) >= 11 is 7.11. The van der Waals surface area contributed by atoms with E-state index >= 15 is 0 Å². The molecule has 21 heavy (non-hydrogen) atoms. The lowest BCUT2D eigenvalue weighted by Crippen LogP contribution is -2.19. The lowest BCUT2D eigenvalue weighted by Gasteiger charge is -2.26. The summed E-state index contributed by atoms with van der Waals surface area (Å²) in [7, 11) is 1.68. The van der Waals surface area contributed by atoms with Gasteiger partial charge in [-0.3, -0.25) is 4.98 Å². The first kappa shape index (κ1) is 14.9. The zero-order valence-electron chi connectivity index (χ0n) is 11.7. The van der Waals surface area contributed by atoms with Gasteiger partial charge in [-0.2, -0.15) is 0 Å². The minimum atomic E-state index is 0.247. The van der Waals surface area contributed by atoms with Crippen molar-refractivity contribution in [3.63, 3.8) is 0 Å². The Balaban J connectivity index is 1.91. The number of fused-ring (bicyclic) bond motifs is 1. The van der Waals surface area contributed by atoms with Crippen molar-refractivity contribution in [1.29, 1.82) is 0 Å². The molecule has 1 atom stereocenters. The van der Waals surface area contributed by atoms with Crippen LogP contribution in [-0.2, 0) is 6.42 Å². The van der Waals surface area contributed by atoms with Gasteiger partial charge in [0, 0.05) is 16.7 Å². The van der Waals surface area contributed by atoms with Gasteiger partial charge in [0.05, 0.1) is 29.0 Å². The fourth-order valence-electron chi connectivity index (χ4n) is 2.73. The molecule has 1 aliphatic carbocycles. The van der Waals surface area contributed by atoms with E-state index in [1.807, 2.05) is 24.4 Å². The third kappa shape index (κ3) is 3.09. The van der Waals surface area contributed by atoms with Crippen molar-refractivity contribution in [3.05, 3.63) is 50.7 Å². The van der Waals surface area contributed by atoms with Gasteiger partial charge in [0.2, 0.25) is 0 Å². The fourth-order valence-corrected chi connectivity index (χ4v) is 4.00. The van der Waals surface area contributed by atoms with Crippen molar-refractivity contribution in [2.24, 2.45) is 0 Å². The number of hydrogen-bond acceptors (Lipinski definition) is 3. The number of nitrogens with one attached hydrogen (secondary N) is 1. The Morgan fingerprint density at radius 2 is 2.14 bits per heavy atom. The van der Waals surface area contributed by atoms with E-state index < -0.39 is 0 Å². The molecule has 0 amide bonds. The first-order valence-corrected chi connectivity index (χ1v) is 8.51. The number of hydrogen-bond donors (Lipinski definition) is 1. The highest BCUT2D eigenvalue weighted by Crippen LogP contribution is 2.38. The predicted molar refractivity (Wildman–Crippen MR) is 91.9 cm³/mol. The molecule has 0 bridgehead atoms. The van der Waals surface area contributed by atoms with Crippen LogP contribution in [0.15, 0.2) is 39.4 Å². The van der Waals surface area contributed by atoms with Gasteiger partial charge < -0.3 is 10.1 Å². The van der Waals surface area contributed by atoms with Crippen molar-refractivity contribution in [1.82, 2.24) is 4.98 Å². The number of nitrogens with zero attached hydrogens (tertiary/aromatic N) is 1. The van der Waals surface area contributed by atoms with Crippen LogP contribution in [0.1, 0.15) is 30.1 Å². The minimum absolute atomic E-state index is 0.247. The van der Waals surface area contributed by atoms with Crippen LogP contribution >= 0.6 is 31.9 Å². The van der Waals surface area contributed by atoms with Crippen molar-refractivity contribution in [3.8, 4) is 5.75 Å². The van der Waals surface area contributed by atoms with E-state index in [2.05, 4.69) is 48.2 Å². The molecule has 1 unspecified atom stereocenters. The Labute approximate surface area is 141 Å². The number of benzene rings is 1. The Morgan fingerprint density at radius 1 is 1.29 bits per heavy atom. The van der Waals surface area contributed by atoms with Crippen LogP contribution in [-0.4, -0.2) is 12.1 Å². The van der Waals surface area contributed by atoms with Crippen LogP contribution in [0.2, 0.25) is 0 Å². The van der Waals surface area contributed by atoms with E-state index in [4.69, 9.17) is 4.74 Å². The van der Waals surface area contributed by atoms with E-state index in [1.165, 1.54) is 12.0 Å². The number of aromatic nitrogens is 1. The van der Waals surface area contributed by atoms with Crippen LogP contribution in [0.25, 0.3) is 0 Å². The quantitative estimate of drug-likeness (QED) is 0.762. The standard InChI is InChI=1S/C16H16Br2N2O/c1-21-15-9-14(11(17)8-12(15)18)20-13-6-2-4-10-5-3-7-19-16(10)13/h3,5,7-9,13,20H,2,4,6H2,1H3. The Hall–Kier alpha value is -1.07. The molecular formula is C16H16Br2N2O. The maximum atomic E-state index is 5.38. The van der Waals surface area contributed by atoms with Crippen molar-refractivity contribution in [2.75, 3.05) is 12.4 Å². The van der Waals surface area contributed by atoms with Gasteiger partial charge in [-0.25, -0.2) is 0 Å². The summed E-state index contributed by atoms with van der Waals surface area (Å²) in [6.45, 7) is 0. The van der Waals surface area contributed by atoms with Gasteiger partial charge in [-0.05, 0) is 68.8 Å². The van der Waals surface area contributed by atoms with Crippen LogP contribution in [0.3, 0.4) is 0 Å². The highest BCUT2D eigenvalue weighted by molar-refractivity contribution is 9.11. The van der Waals surface area contributed by atoms with Crippen LogP contribution in [0.4, 0.5) is 5.69 Å². The molecule has 0 spiro atoms. The molecular weight excluding hydrogens is 396 g/mol. The molecule has 3 rings (SSSR count). The van der Waals surface area contributed by atoms with Gasteiger partial charge in [0.25, 0.3) is 0 Å². The largest absolute Gasteiger partial charge is 0.495 e. The first-order valence-electron chi connectivity index (χ1n) is 6.92. The second kappa shape index (κ2) is 6.36. The molecule has 0 fully saturated rings. The van der Waals surface area contributed by atoms with E-state index in [0.29, 0.717) is 0 Å². The Bertz CT molecular complexity index is 661. The van der Waals surface area contributed by atoms with Gasteiger partial charge >= 0.3 is 0 Å². The molecule has 0 saturated heterocycles. The number of pyridine rings is 1. The van der Waals surface area contributed by atoms with Crippen molar-refractivity contribution in [2.45, 2.75) is 25.3 Å². The third-order valence-electron chi connectivity index (χ3n) is 3.77. The topological polar surface area (TPSA) is 34.1 Å². The monoisotopic (exact) mass is 410 g/mol. The summed E-state index contributed by atoms with van der Waals surface area (Å²) in [5, 5.41) is 3.60. The summed E-state index contributed by atoms with van der Waals surface area (Å²) in [6, 6.07) is 8.44. The van der Waals surface area contributed by atoms with E-state index in [0.717, 1.165) is 38.9 Å². The smallest absolute Gasteiger partial charge is 0.135 e. The molecule has 0 aliphatic heterocycles. The maximum Gasteiger partial charge on any atom is 0.135 e. The minimum Gasteiger partial charge on any atom is -0.495 e. The summed E-state index contributed by atoms with van der Waals surface area (Å²) in [6.07, 6.45) is 5.26. The molecule has 5 heteroatoms. The second-order valence-corrected chi connectivity index (χ2v) is 6.81. The molecule has 3 nitrogen and oxygen atoms in total. The van der Waals surface area contributed by atoms with Crippen LogP contribution in [0.5, 0.6) is 5.75 Å². The summed E-state index contributed by atoms with van der Waals surface area (Å²) < 4.78 is 7.32. The molecule has 1 heterocycles. The van der Waals surface area contributed by atoms with Gasteiger partial charge in [0.1, 0.15) is 5.75 Å².